The van der Waals surface area contributed by atoms with Gasteiger partial charge in [0.05, 0.1) is 5.69 Å². The Morgan fingerprint density at radius 2 is 1.86 bits per heavy atom. The van der Waals surface area contributed by atoms with E-state index in [-0.39, 0.29) is 16.9 Å². The van der Waals surface area contributed by atoms with Crippen molar-refractivity contribution >= 4 is 15.7 Å². The lowest BCUT2D eigenvalue weighted by atomic mass is 9.88. The summed E-state index contributed by atoms with van der Waals surface area (Å²) in [5.74, 6) is 0. The highest BCUT2D eigenvalue weighted by Gasteiger charge is 2.22. The van der Waals surface area contributed by atoms with Crippen molar-refractivity contribution in [2.45, 2.75) is 31.6 Å². The third kappa shape index (κ3) is 4.98. The van der Waals surface area contributed by atoms with E-state index in [1.54, 1.807) is 18.2 Å². The van der Waals surface area contributed by atoms with E-state index in [0.29, 0.717) is 12.2 Å². The summed E-state index contributed by atoms with van der Waals surface area (Å²) in [6.45, 7) is 5.01. The number of rotatable bonds is 8. The van der Waals surface area contributed by atoms with Crippen molar-refractivity contribution in [2.75, 3.05) is 32.6 Å². The average Bonchev–Trinajstić information content (AvgIpc) is 2.43. The Morgan fingerprint density at radius 3 is 2.43 bits per heavy atom. The molecule has 0 aromatic heterocycles. The zero-order valence-corrected chi connectivity index (χ0v) is 14.1. The lowest BCUT2D eigenvalue weighted by Crippen LogP contribution is -2.26. The van der Waals surface area contributed by atoms with Gasteiger partial charge in [-0.3, -0.25) is 0 Å². The van der Waals surface area contributed by atoms with E-state index >= 15 is 0 Å². The first kappa shape index (κ1) is 17.9. The number of aliphatic hydroxyl groups excluding tert-OH is 1. The molecule has 0 aliphatic heterocycles. The van der Waals surface area contributed by atoms with Crippen LogP contribution in [-0.2, 0) is 10.0 Å². The Morgan fingerprint density at radius 1 is 1.24 bits per heavy atom. The maximum atomic E-state index is 12.3. The van der Waals surface area contributed by atoms with Gasteiger partial charge in [-0.05, 0) is 30.4 Å². The van der Waals surface area contributed by atoms with Crippen LogP contribution in [0.3, 0.4) is 0 Å². The van der Waals surface area contributed by atoms with E-state index in [4.69, 9.17) is 5.11 Å². The Kier molecular flexibility index (Phi) is 6.19. The van der Waals surface area contributed by atoms with Crippen LogP contribution in [0.1, 0.15) is 26.7 Å². The van der Waals surface area contributed by atoms with E-state index in [2.05, 4.69) is 19.2 Å². The Hall–Kier alpha value is -1.11. The number of hydrogen-bond acceptors (Lipinski definition) is 4. The van der Waals surface area contributed by atoms with Crippen LogP contribution in [0.15, 0.2) is 29.2 Å². The van der Waals surface area contributed by atoms with Crippen LogP contribution in [0, 0.1) is 5.41 Å². The molecule has 0 unspecified atom stereocenters. The minimum absolute atomic E-state index is 0.0162. The molecule has 1 aromatic carbocycles. The summed E-state index contributed by atoms with van der Waals surface area (Å²) in [6, 6.07) is 6.92. The zero-order valence-electron chi connectivity index (χ0n) is 13.3. The first-order valence-electron chi connectivity index (χ1n) is 7.07. The van der Waals surface area contributed by atoms with Gasteiger partial charge in [0.2, 0.25) is 10.0 Å². The molecule has 0 heterocycles. The molecule has 1 aromatic rings. The third-order valence-corrected chi connectivity index (χ3v) is 5.29. The van der Waals surface area contributed by atoms with Crippen LogP contribution in [-0.4, -0.2) is 45.1 Å². The minimum atomic E-state index is -3.46. The largest absolute Gasteiger partial charge is 0.396 e. The van der Waals surface area contributed by atoms with Gasteiger partial charge in [-0.2, -0.15) is 0 Å². The molecule has 1 rings (SSSR count). The van der Waals surface area contributed by atoms with Gasteiger partial charge in [-0.1, -0.05) is 26.0 Å². The van der Waals surface area contributed by atoms with Crippen LogP contribution in [0.4, 0.5) is 5.69 Å². The Bertz CT molecular complexity index is 554. The average molecular weight is 314 g/mol. The molecule has 5 nitrogen and oxygen atoms in total. The second-order valence-corrected chi connectivity index (χ2v) is 8.25. The van der Waals surface area contributed by atoms with Gasteiger partial charge in [0.1, 0.15) is 4.90 Å². The summed E-state index contributed by atoms with van der Waals surface area (Å²) >= 11 is 0. The van der Waals surface area contributed by atoms with Crippen LogP contribution in [0.25, 0.3) is 0 Å². The van der Waals surface area contributed by atoms with Gasteiger partial charge in [-0.25, -0.2) is 12.7 Å². The van der Waals surface area contributed by atoms with Crippen molar-refractivity contribution in [3.05, 3.63) is 24.3 Å². The van der Waals surface area contributed by atoms with Crippen molar-refractivity contribution in [3.8, 4) is 0 Å². The molecule has 0 fully saturated rings. The molecule has 21 heavy (non-hydrogen) atoms. The second-order valence-electron chi connectivity index (χ2n) is 6.13. The van der Waals surface area contributed by atoms with Crippen LogP contribution in [0.2, 0.25) is 0 Å². The standard InChI is InChI=1S/C15H26N2O3S/c1-15(2,10-7-11-18)12-16-13-8-5-6-9-14(13)21(19,20)17(3)4/h5-6,8-9,16,18H,7,10-12H2,1-4H3. The fourth-order valence-electron chi connectivity index (χ4n) is 2.01. The molecule has 0 aliphatic carbocycles. The third-order valence-electron chi connectivity index (χ3n) is 3.41. The van der Waals surface area contributed by atoms with E-state index in [9.17, 15) is 8.42 Å². The van der Waals surface area contributed by atoms with Crippen molar-refractivity contribution in [3.63, 3.8) is 0 Å². The van der Waals surface area contributed by atoms with Crippen LogP contribution in [0.5, 0.6) is 0 Å². The number of sulfonamides is 1. The molecular formula is C15H26N2O3S. The topological polar surface area (TPSA) is 69.6 Å². The molecule has 0 radical (unpaired) electrons. The van der Waals surface area contributed by atoms with Crippen molar-refractivity contribution in [1.29, 1.82) is 0 Å². The number of anilines is 1. The lowest BCUT2D eigenvalue weighted by Gasteiger charge is -2.26. The number of hydrogen-bond donors (Lipinski definition) is 2. The predicted octanol–water partition coefficient (Wildman–Crippen LogP) is 2.15. The molecule has 0 atom stereocenters. The molecule has 0 aliphatic rings. The monoisotopic (exact) mass is 314 g/mol. The van der Waals surface area contributed by atoms with Gasteiger partial charge >= 0.3 is 0 Å². The Balaban J connectivity index is 2.91. The number of nitrogens with zero attached hydrogens (tertiary/aromatic N) is 1. The zero-order chi connectivity index (χ0) is 16.1. The molecule has 0 bridgehead atoms. The maximum Gasteiger partial charge on any atom is 0.244 e. The number of aliphatic hydroxyl groups is 1. The molecule has 0 saturated carbocycles. The number of para-hydroxylation sites is 1. The van der Waals surface area contributed by atoms with Gasteiger partial charge in [0, 0.05) is 27.2 Å². The van der Waals surface area contributed by atoms with Crippen molar-refractivity contribution in [2.24, 2.45) is 5.41 Å². The highest BCUT2D eigenvalue weighted by atomic mass is 32.2. The molecule has 0 amide bonds. The maximum absolute atomic E-state index is 12.3. The highest BCUT2D eigenvalue weighted by molar-refractivity contribution is 7.89. The fourth-order valence-corrected chi connectivity index (χ4v) is 3.08. The van der Waals surface area contributed by atoms with Crippen molar-refractivity contribution in [1.82, 2.24) is 4.31 Å². The van der Waals surface area contributed by atoms with Gasteiger partial charge in [0.15, 0.2) is 0 Å². The molecule has 2 N–H and O–H groups in total. The van der Waals surface area contributed by atoms with E-state index in [1.807, 2.05) is 6.07 Å². The van der Waals surface area contributed by atoms with E-state index in [0.717, 1.165) is 12.8 Å². The smallest absolute Gasteiger partial charge is 0.244 e. The summed E-state index contributed by atoms with van der Waals surface area (Å²) < 4.78 is 25.8. The quantitative estimate of drug-likeness (QED) is 0.771. The second kappa shape index (κ2) is 7.24. The van der Waals surface area contributed by atoms with Gasteiger partial charge in [-0.15, -0.1) is 0 Å². The first-order chi connectivity index (χ1) is 9.70. The van der Waals surface area contributed by atoms with Gasteiger partial charge < -0.3 is 10.4 Å². The Labute approximate surface area is 128 Å². The molecule has 120 valence electrons. The molecule has 6 heteroatoms. The number of benzene rings is 1. The normalized spacial score (nSPS) is 12.7. The van der Waals surface area contributed by atoms with Crippen LogP contribution < -0.4 is 5.32 Å². The summed E-state index contributed by atoms with van der Waals surface area (Å²) in [5, 5.41) is 12.2. The first-order valence-corrected chi connectivity index (χ1v) is 8.51. The summed E-state index contributed by atoms with van der Waals surface area (Å²) in [7, 11) is -0.411. The van der Waals surface area contributed by atoms with Crippen LogP contribution >= 0.6 is 0 Å². The summed E-state index contributed by atoms with van der Waals surface area (Å²) in [6.07, 6.45) is 1.62. The molecular weight excluding hydrogens is 288 g/mol. The van der Waals surface area contributed by atoms with E-state index < -0.39 is 10.0 Å². The summed E-state index contributed by atoms with van der Waals surface area (Å²) in [5.41, 5.74) is 0.598. The lowest BCUT2D eigenvalue weighted by molar-refractivity contribution is 0.248. The molecule has 0 saturated heterocycles. The fraction of sp³-hybridized carbons (Fsp3) is 0.600. The number of nitrogens with one attached hydrogen (secondary N) is 1. The highest BCUT2D eigenvalue weighted by Crippen LogP contribution is 2.27. The minimum Gasteiger partial charge on any atom is -0.396 e. The van der Waals surface area contributed by atoms with Crippen molar-refractivity contribution < 1.29 is 13.5 Å². The molecule has 0 spiro atoms. The van der Waals surface area contributed by atoms with Gasteiger partial charge in [0.25, 0.3) is 0 Å². The SMILES string of the molecule is CN(C)S(=O)(=O)c1ccccc1NCC(C)(C)CCCO. The predicted molar refractivity (Wildman–Crippen MR) is 85.9 cm³/mol. The summed E-state index contributed by atoms with van der Waals surface area (Å²) in [4.78, 5) is 0.285. The van der Waals surface area contributed by atoms with E-state index in [1.165, 1.54) is 18.4 Å².